The second-order valence-corrected chi connectivity index (χ2v) is 5.51. The van der Waals surface area contributed by atoms with E-state index in [1.807, 2.05) is 32.0 Å². The van der Waals surface area contributed by atoms with Crippen LogP contribution in [0.5, 0.6) is 0 Å². The second kappa shape index (κ2) is 8.01. The maximum atomic E-state index is 11.9. The van der Waals surface area contributed by atoms with Crippen molar-refractivity contribution in [2.45, 2.75) is 19.9 Å². The first-order valence-electron chi connectivity index (χ1n) is 6.31. The van der Waals surface area contributed by atoms with Crippen molar-refractivity contribution in [2.24, 2.45) is 5.92 Å². The van der Waals surface area contributed by atoms with Crippen LogP contribution in [0.3, 0.4) is 0 Å². The molecule has 0 fully saturated rings. The van der Waals surface area contributed by atoms with E-state index in [0.29, 0.717) is 5.69 Å². The summed E-state index contributed by atoms with van der Waals surface area (Å²) in [5.41, 5.74) is 0.693. The molecule has 1 amide bonds. The number of esters is 1. The number of ether oxygens (including phenoxy) is 1. The molecule has 2 N–H and O–H groups in total. The molecule has 1 atom stereocenters. The molecule has 1 unspecified atom stereocenters. The number of carbonyl (C=O) groups excluding carboxylic acids is 2. The zero-order valence-corrected chi connectivity index (χ0v) is 13.4. The zero-order valence-electron chi connectivity index (χ0n) is 11.8. The van der Waals surface area contributed by atoms with E-state index in [1.54, 1.807) is 6.07 Å². The van der Waals surface area contributed by atoms with E-state index in [-0.39, 0.29) is 24.3 Å². The first kappa shape index (κ1) is 16.7. The number of nitrogens with one attached hydrogen (secondary N) is 2. The third kappa shape index (κ3) is 4.94. The van der Waals surface area contributed by atoms with Crippen LogP contribution in [0.25, 0.3) is 0 Å². The molecule has 1 rings (SSSR count). The van der Waals surface area contributed by atoms with Crippen LogP contribution in [-0.4, -0.2) is 31.6 Å². The van der Waals surface area contributed by atoms with Crippen LogP contribution in [0.4, 0.5) is 5.69 Å². The molecule has 0 saturated heterocycles. The van der Waals surface area contributed by atoms with Gasteiger partial charge in [-0.05, 0) is 34.0 Å². The fourth-order valence-corrected chi connectivity index (χ4v) is 2.06. The van der Waals surface area contributed by atoms with Crippen LogP contribution in [-0.2, 0) is 14.3 Å². The Labute approximate surface area is 127 Å². The second-order valence-electron chi connectivity index (χ2n) is 4.65. The number of methoxy groups -OCH3 is 1. The van der Waals surface area contributed by atoms with Gasteiger partial charge in [0.1, 0.15) is 6.04 Å². The number of para-hydroxylation sites is 1. The van der Waals surface area contributed by atoms with Crippen LogP contribution in [0.2, 0.25) is 0 Å². The van der Waals surface area contributed by atoms with Crippen molar-refractivity contribution in [1.29, 1.82) is 0 Å². The van der Waals surface area contributed by atoms with Crippen molar-refractivity contribution in [3.05, 3.63) is 28.7 Å². The summed E-state index contributed by atoms with van der Waals surface area (Å²) >= 11 is 3.35. The molecule has 0 aliphatic rings. The molecule has 0 aromatic heterocycles. The van der Waals surface area contributed by atoms with Crippen LogP contribution >= 0.6 is 15.9 Å². The van der Waals surface area contributed by atoms with E-state index in [9.17, 15) is 9.59 Å². The molecule has 0 heterocycles. The summed E-state index contributed by atoms with van der Waals surface area (Å²) in [4.78, 5) is 23.4. The molecule has 0 bridgehead atoms. The van der Waals surface area contributed by atoms with E-state index in [0.717, 1.165) is 4.47 Å². The third-order valence-corrected chi connectivity index (χ3v) is 3.44. The van der Waals surface area contributed by atoms with Gasteiger partial charge in [-0.3, -0.25) is 14.9 Å². The molecule has 1 aromatic rings. The van der Waals surface area contributed by atoms with Gasteiger partial charge in [0.25, 0.3) is 0 Å². The van der Waals surface area contributed by atoms with Gasteiger partial charge in [-0.15, -0.1) is 0 Å². The molecule has 0 aliphatic heterocycles. The molecular weight excluding hydrogens is 324 g/mol. The fourth-order valence-electron chi connectivity index (χ4n) is 1.68. The Morgan fingerprint density at radius 2 is 1.95 bits per heavy atom. The molecule has 0 radical (unpaired) electrons. The van der Waals surface area contributed by atoms with Gasteiger partial charge in [0.05, 0.1) is 19.3 Å². The summed E-state index contributed by atoms with van der Waals surface area (Å²) in [6.45, 7) is 3.82. The average Bonchev–Trinajstić information content (AvgIpc) is 2.41. The van der Waals surface area contributed by atoms with Crippen LogP contribution in [0.15, 0.2) is 28.7 Å². The van der Waals surface area contributed by atoms with Crippen LogP contribution in [0, 0.1) is 5.92 Å². The average molecular weight is 343 g/mol. The van der Waals surface area contributed by atoms with Crippen molar-refractivity contribution >= 4 is 33.5 Å². The number of carbonyl (C=O) groups is 2. The molecule has 0 spiro atoms. The Morgan fingerprint density at radius 1 is 1.30 bits per heavy atom. The molecule has 0 saturated carbocycles. The highest BCUT2D eigenvalue weighted by Crippen LogP contribution is 2.20. The molecule has 6 heteroatoms. The number of hydrogen-bond donors (Lipinski definition) is 2. The minimum atomic E-state index is -0.495. The van der Waals surface area contributed by atoms with Crippen LogP contribution in [0.1, 0.15) is 13.8 Å². The number of anilines is 1. The van der Waals surface area contributed by atoms with Gasteiger partial charge in [-0.2, -0.15) is 0 Å². The highest BCUT2D eigenvalue weighted by atomic mass is 79.9. The number of rotatable bonds is 6. The molecule has 110 valence electrons. The number of amides is 1. The zero-order chi connectivity index (χ0) is 15.1. The number of benzene rings is 1. The lowest BCUT2D eigenvalue weighted by Crippen LogP contribution is -2.45. The van der Waals surface area contributed by atoms with Crippen LogP contribution < -0.4 is 10.6 Å². The normalized spacial score (nSPS) is 12.1. The lowest BCUT2D eigenvalue weighted by molar-refractivity contribution is -0.144. The highest BCUT2D eigenvalue weighted by molar-refractivity contribution is 9.10. The molecular formula is C14H19BrN2O3. The van der Waals surface area contributed by atoms with E-state index < -0.39 is 6.04 Å². The van der Waals surface area contributed by atoms with Gasteiger partial charge in [-0.25, -0.2) is 0 Å². The standard InChI is InChI=1S/C14H19BrN2O3/c1-9(2)13(14(19)20-3)16-8-12(18)17-11-7-5-4-6-10(11)15/h4-7,9,13,16H,8H2,1-3H3,(H,17,18). The third-order valence-electron chi connectivity index (χ3n) is 2.75. The SMILES string of the molecule is COC(=O)C(NCC(=O)Nc1ccccc1Br)C(C)C. The minimum absolute atomic E-state index is 0.0405. The first-order chi connectivity index (χ1) is 9.45. The number of hydrogen-bond acceptors (Lipinski definition) is 4. The van der Waals surface area contributed by atoms with Crippen molar-refractivity contribution in [3.8, 4) is 0 Å². The van der Waals surface area contributed by atoms with Crippen molar-refractivity contribution < 1.29 is 14.3 Å². The van der Waals surface area contributed by atoms with Gasteiger partial charge >= 0.3 is 5.97 Å². The molecule has 0 aliphatic carbocycles. The van der Waals surface area contributed by atoms with Gasteiger partial charge in [0, 0.05) is 4.47 Å². The quantitative estimate of drug-likeness (QED) is 0.777. The highest BCUT2D eigenvalue weighted by Gasteiger charge is 2.23. The minimum Gasteiger partial charge on any atom is -0.468 e. The Kier molecular flexibility index (Phi) is 6.67. The summed E-state index contributed by atoms with van der Waals surface area (Å²) in [5.74, 6) is -0.543. The van der Waals surface area contributed by atoms with Gasteiger partial charge < -0.3 is 10.1 Å². The van der Waals surface area contributed by atoms with E-state index >= 15 is 0 Å². The van der Waals surface area contributed by atoms with Gasteiger partial charge in [0.15, 0.2) is 0 Å². The van der Waals surface area contributed by atoms with E-state index in [1.165, 1.54) is 7.11 Å². The largest absolute Gasteiger partial charge is 0.468 e. The maximum Gasteiger partial charge on any atom is 0.323 e. The summed E-state index contributed by atoms with van der Waals surface area (Å²) in [7, 11) is 1.33. The topological polar surface area (TPSA) is 67.4 Å². The summed E-state index contributed by atoms with van der Waals surface area (Å²) in [6, 6.07) is 6.84. The van der Waals surface area contributed by atoms with E-state index in [2.05, 4.69) is 26.6 Å². The lowest BCUT2D eigenvalue weighted by atomic mass is 10.0. The molecule has 1 aromatic carbocycles. The molecule has 20 heavy (non-hydrogen) atoms. The van der Waals surface area contributed by atoms with Crippen molar-refractivity contribution in [2.75, 3.05) is 19.0 Å². The predicted molar refractivity (Wildman–Crippen MR) is 81.4 cm³/mol. The Morgan fingerprint density at radius 3 is 2.50 bits per heavy atom. The lowest BCUT2D eigenvalue weighted by Gasteiger charge is -2.19. The molecule has 5 nitrogen and oxygen atoms in total. The summed E-state index contributed by atoms with van der Waals surface area (Å²) in [5, 5.41) is 5.67. The van der Waals surface area contributed by atoms with Crippen molar-refractivity contribution in [3.63, 3.8) is 0 Å². The Balaban J connectivity index is 2.54. The van der Waals surface area contributed by atoms with Gasteiger partial charge in [-0.1, -0.05) is 26.0 Å². The number of halogens is 1. The predicted octanol–water partition coefficient (Wildman–Crippen LogP) is 2.17. The maximum absolute atomic E-state index is 11.9. The van der Waals surface area contributed by atoms with Gasteiger partial charge in [0.2, 0.25) is 5.91 Å². The smallest absolute Gasteiger partial charge is 0.323 e. The first-order valence-corrected chi connectivity index (χ1v) is 7.10. The summed E-state index contributed by atoms with van der Waals surface area (Å²) in [6.07, 6.45) is 0. The monoisotopic (exact) mass is 342 g/mol. The Hall–Kier alpha value is -1.40. The summed E-state index contributed by atoms with van der Waals surface area (Å²) < 4.78 is 5.51. The van der Waals surface area contributed by atoms with E-state index in [4.69, 9.17) is 4.74 Å². The van der Waals surface area contributed by atoms with Crippen molar-refractivity contribution in [1.82, 2.24) is 5.32 Å². The fraction of sp³-hybridized carbons (Fsp3) is 0.429. The Bertz CT molecular complexity index is 477.